The van der Waals surface area contributed by atoms with E-state index in [2.05, 4.69) is 20.3 Å². The van der Waals surface area contributed by atoms with E-state index in [-0.39, 0.29) is 5.01 Å². The molecule has 0 aliphatic rings. The number of aromatic nitrogens is 3. The van der Waals surface area contributed by atoms with Crippen molar-refractivity contribution in [2.24, 2.45) is 5.73 Å². The van der Waals surface area contributed by atoms with Crippen molar-refractivity contribution in [3.63, 3.8) is 0 Å². The Balaban J connectivity index is 1.86. The number of hydrogen-bond donors (Lipinski definition) is 2. The number of hydrogen-bond acceptors (Lipinski definition) is 8. The smallest absolute Gasteiger partial charge is 0.277 e. The van der Waals surface area contributed by atoms with Crippen LogP contribution in [0.3, 0.4) is 0 Å². The van der Waals surface area contributed by atoms with Gasteiger partial charge >= 0.3 is 0 Å². The fraction of sp³-hybridized carbons (Fsp3) is 0.111. The van der Waals surface area contributed by atoms with Crippen molar-refractivity contribution in [1.82, 2.24) is 15.0 Å². The van der Waals surface area contributed by atoms with Crippen LogP contribution in [0.25, 0.3) is 21.1 Å². The molecule has 0 saturated carbocycles. The largest absolute Gasteiger partial charge is 0.493 e. The number of rotatable bonds is 5. The molecule has 0 aliphatic carbocycles. The highest BCUT2D eigenvalue weighted by Crippen LogP contribution is 2.36. The number of thiazole rings is 1. The van der Waals surface area contributed by atoms with Crippen molar-refractivity contribution in [2.75, 3.05) is 19.5 Å². The van der Waals surface area contributed by atoms with Crippen molar-refractivity contribution in [2.45, 2.75) is 0 Å². The minimum Gasteiger partial charge on any atom is -0.493 e. The zero-order valence-corrected chi connectivity index (χ0v) is 15.3. The third-order valence-electron chi connectivity index (χ3n) is 4.01. The molecule has 8 nitrogen and oxygen atoms in total. The van der Waals surface area contributed by atoms with Gasteiger partial charge in [0, 0.05) is 11.8 Å². The Labute approximate surface area is 158 Å². The third-order valence-corrected chi connectivity index (χ3v) is 5.12. The predicted molar refractivity (Wildman–Crippen MR) is 104 cm³/mol. The van der Waals surface area contributed by atoms with Gasteiger partial charge in [-0.05, 0) is 24.3 Å². The van der Waals surface area contributed by atoms with Gasteiger partial charge in [-0.15, -0.1) is 11.3 Å². The molecular weight excluding hydrogens is 366 g/mol. The maximum absolute atomic E-state index is 11.5. The van der Waals surface area contributed by atoms with Crippen molar-refractivity contribution < 1.29 is 14.3 Å². The number of fused-ring (bicyclic) bond motifs is 3. The molecule has 0 aliphatic heterocycles. The topological polar surface area (TPSA) is 112 Å². The average molecular weight is 381 g/mol. The Morgan fingerprint density at radius 1 is 1.07 bits per heavy atom. The van der Waals surface area contributed by atoms with E-state index in [9.17, 15) is 4.79 Å². The second-order valence-corrected chi connectivity index (χ2v) is 6.61. The number of nitrogens with two attached hydrogens (primary N) is 1. The van der Waals surface area contributed by atoms with E-state index in [1.165, 1.54) is 17.7 Å². The molecule has 0 radical (unpaired) electrons. The number of nitrogens with one attached hydrogen (secondary N) is 1. The van der Waals surface area contributed by atoms with Gasteiger partial charge in [0.05, 0.1) is 35.3 Å². The van der Waals surface area contributed by atoms with Gasteiger partial charge in [-0.2, -0.15) is 0 Å². The number of anilines is 2. The molecule has 2 heterocycles. The van der Waals surface area contributed by atoms with Crippen LogP contribution >= 0.6 is 11.3 Å². The van der Waals surface area contributed by atoms with Gasteiger partial charge in [0.1, 0.15) is 12.1 Å². The van der Waals surface area contributed by atoms with Gasteiger partial charge in [-0.25, -0.2) is 15.0 Å². The van der Waals surface area contributed by atoms with E-state index in [0.29, 0.717) is 22.8 Å². The first kappa shape index (κ1) is 17.0. The highest BCUT2D eigenvalue weighted by Gasteiger charge is 2.15. The SMILES string of the molecule is COc1ccc(Nc2ncnc3ccc4nc(C(N)=O)sc4c23)cc1OC. The Hall–Kier alpha value is -3.46. The summed E-state index contributed by atoms with van der Waals surface area (Å²) < 4.78 is 11.4. The Bertz CT molecular complexity index is 1170. The second kappa shape index (κ2) is 6.69. The molecule has 2 aromatic heterocycles. The second-order valence-electron chi connectivity index (χ2n) is 5.61. The standard InChI is InChI=1S/C18H15N5O3S/c1-25-12-6-3-9(7-13(12)26-2)22-17-14-10(20-8-21-17)4-5-11-15(14)27-18(23-11)16(19)24/h3-8H,1-2H3,(H2,19,24)(H,20,21,22). The Kier molecular flexibility index (Phi) is 4.21. The Morgan fingerprint density at radius 3 is 2.59 bits per heavy atom. The van der Waals surface area contributed by atoms with Crippen molar-refractivity contribution >= 4 is 49.9 Å². The summed E-state index contributed by atoms with van der Waals surface area (Å²) in [5.74, 6) is 1.26. The lowest BCUT2D eigenvalue weighted by Gasteiger charge is -2.12. The van der Waals surface area contributed by atoms with E-state index >= 15 is 0 Å². The summed E-state index contributed by atoms with van der Waals surface area (Å²) in [5.41, 5.74) is 7.56. The van der Waals surface area contributed by atoms with Gasteiger partial charge in [0.15, 0.2) is 16.5 Å². The number of ether oxygens (including phenoxy) is 2. The number of primary amides is 1. The highest BCUT2D eigenvalue weighted by atomic mass is 32.1. The maximum atomic E-state index is 11.5. The number of methoxy groups -OCH3 is 2. The molecule has 0 spiro atoms. The van der Waals surface area contributed by atoms with Crippen LogP contribution in [0.5, 0.6) is 11.5 Å². The minimum absolute atomic E-state index is 0.249. The first-order chi connectivity index (χ1) is 13.1. The normalized spacial score (nSPS) is 10.9. The van der Waals surface area contributed by atoms with Crippen LogP contribution in [0.4, 0.5) is 11.5 Å². The third kappa shape index (κ3) is 2.97. The molecule has 0 fully saturated rings. The monoisotopic (exact) mass is 381 g/mol. The van der Waals surface area contributed by atoms with Crippen LogP contribution in [-0.4, -0.2) is 35.1 Å². The average Bonchev–Trinajstić information content (AvgIpc) is 3.13. The molecule has 0 saturated heterocycles. The zero-order chi connectivity index (χ0) is 19.0. The van der Waals surface area contributed by atoms with E-state index in [4.69, 9.17) is 15.2 Å². The molecule has 4 rings (SSSR count). The Morgan fingerprint density at radius 2 is 1.85 bits per heavy atom. The molecule has 4 aromatic rings. The predicted octanol–water partition coefficient (Wildman–Crippen LogP) is 3.10. The van der Waals surface area contributed by atoms with Gasteiger partial charge < -0.3 is 20.5 Å². The van der Waals surface area contributed by atoms with Gasteiger partial charge in [-0.1, -0.05) is 0 Å². The first-order valence-electron chi connectivity index (χ1n) is 7.94. The van der Waals surface area contributed by atoms with Crippen LogP contribution in [-0.2, 0) is 0 Å². The summed E-state index contributed by atoms with van der Waals surface area (Å²) in [6.45, 7) is 0. The zero-order valence-electron chi connectivity index (χ0n) is 14.5. The van der Waals surface area contributed by atoms with Crippen LogP contribution in [0, 0.1) is 0 Å². The summed E-state index contributed by atoms with van der Waals surface area (Å²) in [5, 5.41) is 4.30. The lowest BCUT2D eigenvalue weighted by atomic mass is 10.2. The number of nitrogens with zero attached hydrogens (tertiary/aromatic N) is 3. The van der Waals surface area contributed by atoms with Crippen molar-refractivity contribution in [3.05, 3.63) is 41.7 Å². The van der Waals surface area contributed by atoms with E-state index in [1.807, 2.05) is 24.3 Å². The molecule has 0 unspecified atom stereocenters. The van der Waals surface area contributed by atoms with Crippen LogP contribution < -0.4 is 20.5 Å². The quantitative estimate of drug-likeness (QED) is 0.546. The summed E-state index contributed by atoms with van der Waals surface area (Å²) in [4.78, 5) is 24.5. The fourth-order valence-corrected chi connectivity index (χ4v) is 3.74. The van der Waals surface area contributed by atoms with E-state index in [1.54, 1.807) is 20.3 Å². The molecule has 27 heavy (non-hydrogen) atoms. The van der Waals surface area contributed by atoms with E-state index < -0.39 is 5.91 Å². The number of carbonyl (C=O) groups excluding carboxylic acids is 1. The number of amides is 1. The van der Waals surface area contributed by atoms with Crippen molar-refractivity contribution in [3.8, 4) is 11.5 Å². The summed E-state index contributed by atoms with van der Waals surface area (Å²) in [6.07, 6.45) is 1.48. The molecule has 3 N–H and O–H groups in total. The highest BCUT2D eigenvalue weighted by molar-refractivity contribution is 7.21. The minimum atomic E-state index is -0.560. The maximum Gasteiger partial charge on any atom is 0.277 e. The van der Waals surface area contributed by atoms with Gasteiger partial charge in [-0.3, -0.25) is 4.79 Å². The number of benzene rings is 2. The summed E-state index contributed by atoms with van der Waals surface area (Å²) in [6, 6.07) is 9.13. The molecule has 1 amide bonds. The molecule has 0 bridgehead atoms. The van der Waals surface area contributed by atoms with Crippen molar-refractivity contribution in [1.29, 1.82) is 0 Å². The molecule has 0 atom stereocenters. The lowest BCUT2D eigenvalue weighted by molar-refractivity contribution is 0.1000. The fourth-order valence-electron chi connectivity index (χ4n) is 2.78. The van der Waals surface area contributed by atoms with Crippen LogP contribution in [0.2, 0.25) is 0 Å². The molecule has 136 valence electrons. The molecule has 9 heteroatoms. The van der Waals surface area contributed by atoms with Crippen LogP contribution in [0.1, 0.15) is 9.80 Å². The van der Waals surface area contributed by atoms with E-state index in [0.717, 1.165) is 21.3 Å². The summed E-state index contributed by atoms with van der Waals surface area (Å²) >= 11 is 1.22. The lowest BCUT2D eigenvalue weighted by Crippen LogP contribution is -2.09. The van der Waals surface area contributed by atoms with Gasteiger partial charge in [0.2, 0.25) is 0 Å². The van der Waals surface area contributed by atoms with Gasteiger partial charge in [0.25, 0.3) is 5.91 Å². The van der Waals surface area contributed by atoms with Crippen LogP contribution in [0.15, 0.2) is 36.7 Å². The molecular formula is C18H15N5O3S. The summed E-state index contributed by atoms with van der Waals surface area (Å²) in [7, 11) is 3.16. The first-order valence-corrected chi connectivity index (χ1v) is 8.75. The number of carbonyl (C=O) groups is 1. The molecule has 2 aromatic carbocycles.